The Balaban J connectivity index is 2.51. The topological polar surface area (TPSA) is 21.3 Å². The molecule has 1 aliphatic rings. The predicted octanol–water partition coefficient (Wildman–Crippen LogP) is 0.634. The lowest BCUT2D eigenvalue weighted by Crippen LogP contribution is -2.09. The normalized spacial score (nSPS) is 16.9. The third-order valence-electron chi connectivity index (χ3n) is 0.998. The lowest BCUT2D eigenvalue weighted by molar-refractivity contribution is 0.302. The van der Waals surface area contributed by atoms with E-state index in [-0.39, 0.29) is 0 Å². The first-order valence-corrected chi connectivity index (χ1v) is 2.57. The van der Waals surface area contributed by atoms with Crippen molar-refractivity contribution >= 4 is 0 Å². The molecular weight excluding hydrogens is 102 g/mol. The Morgan fingerprint density at radius 1 is 1.75 bits per heavy atom. The Kier molecular flexibility index (Phi) is 1.57. The third kappa shape index (κ3) is 1.03. The number of hydrogen-bond donors (Lipinski definition) is 1. The van der Waals surface area contributed by atoms with Crippen LogP contribution in [0.3, 0.4) is 0 Å². The molecule has 0 aliphatic carbocycles. The van der Waals surface area contributed by atoms with Gasteiger partial charge in [-0.3, -0.25) is 0 Å². The van der Waals surface area contributed by atoms with Gasteiger partial charge in [-0.25, -0.2) is 0 Å². The van der Waals surface area contributed by atoms with Gasteiger partial charge in [0.05, 0.1) is 7.11 Å². The molecule has 0 amide bonds. The van der Waals surface area contributed by atoms with E-state index in [1.807, 2.05) is 18.4 Å². The molecule has 0 aromatic heterocycles. The highest BCUT2D eigenvalue weighted by atomic mass is 16.5. The second kappa shape index (κ2) is 2.40. The minimum Gasteiger partial charge on any atom is -0.495 e. The first-order chi connectivity index (χ1) is 3.93. The molecule has 1 rings (SSSR count). The second-order valence-electron chi connectivity index (χ2n) is 1.56. The van der Waals surface area contributed by atoms with Crippen LogP contribution in [0.15, 0.2) is 24.1 Å². The SMILES string of the molecule is COC1=CNCC=C1. The van der Waals surface area contributed by atoms with Gasteiger partial charge in [-0.05, 0) is 6.08 Å². The molecule has 1 N–H and O–H groups in total. The zero-order chi connectivity index (χ0) is 5.82. The molecule has 0 saturated carbocycles. The van der Waals surface area contributed by atoms with Crippen molar-refractivity contribution in [2.45, 2.75) is 0 Å². The van der Waals surface area contributed by atoms with E-state index in [0.29, 0.717) is 0 Å². The van der Waals surface area contributed by atoms with Crippen LogP contribution in [0.5, 0.6) is 0 Å². The Morgan fingerprint density at radius 2 is 2.62 bits per heavy atom. The quantitative estimate of drug-likeness (QED) is 0.536. The van der Waals surface area contributed by atoms with Gasteiger partial charge in [-0.2, -0.15) is 0 Å². The highest BCUT2D eigenvalue weighted by molar-refractivity contribution is 5.15. The van der Waals surface area contributed by atoms with Gasteiger partial charge in [-0.1, -0.05) is 6.08 Å². The summed E-state index contributed by atoms with van der Waals surface area (Å²) in [5.74, 6) is 0.885. The van der Waals surface area contributed by atoms with E-state index in [1.54, 1.807) is 7.11 Å². The molecule has 0 fully saturated rings. The summed E-state index contributed by atoms with van der Waals surface area (Å²) in [6, 6.07) is 0. The van der Waals surface area contributed by atoms with Gasteiger partial charge in [-0.15, -0.1) is 0 Å². The van der Waals surface area contributed by atoms with Gasteiger partial charge < -0.3 is 10.1 Å². The molecule has 0 atom stereocenters. The monoisotopic (exact) mass is 111 g/mol. The van der Waals surface area contributed by atoms with E-state index >= 15 is 0 Å². The van der Waals surface area contributed by atoms with Crippen molar-refractivity contribution < 1.29 is 4.74 Å². The van der Waals surface area contributed by atoms with Crippen molar-refractivity contribution in [3.8, 4) is 0 Å². The molecule has 2 nitrogen and oxygen atoms in total. The summed E-state index contributed by atoms with van der Waals surface area (Å²) < 4.78 is 4.90. The van der Waals surface area contributed by atoms with Crippen molar-refractivity contribution in [2.75, 3.05) is 13.7 Å². The molecule has 0 bridgehead atoms. The van der Waals surface area contributed by atoms with Crippen molar-refractivity contribution in [1.29, 1.82) is 0 Å². The Hall–Kier alpha value is -0.920. The van der Waals surface area contributed by atoms with E-state index < -0.39 is 0 Å². The Morgan fingerprint density at radius 3 is 3.00 bits per heavy atom. The maximum absolute atomic E-state index is 4.90. The molecular formula is C6H9NO. The van der Waals surface area contributed by atoms with Gasteiger partial charge >= 0.3 is 0 Å². The first kappa shape index (κ1) is 5.22. The van der Waals surface area contributed by atoms with Gasteiger partial charge in [0.1, 0.15) is 5.76 Å². The van der Waals surface area contributed by atoms with Crippen LogP contribution in [0.4, 0.5) is 0 Å². The number of ether oxygens (including phenoxy) is 1. The van der Waals surface area contributed by atoms with E-state index in [1.165, 1.54) is 0 Å². The lowest BCUT2D eigenvalue weighted by atomic mass is 10.4. The van der Waals surface area contributed by atoms with Gasteiger partial charge in [0, 0.05) is 12.7 Å². The fourth-order valence-electron chi connectivity index (χ4n) is 0.578. The van der Waals surface area contributed by atoms with Crippen LogP contribution < -0.4 is 5.32 Å². The zero-order valence-corrected chi connectivity index (χ0v) is 4.85. The maximum Gasteiger partial charge on any atom is 0.134 e. The molecule has 0 aromatic carbocycles. The molecule has 0 unspecified atom stereocenters. The Labute approximate surface area is 48.8 Å². The van der Waals surface area contributed by atoms with Crippen molar-refractivity contribution in [3.05, 3.63) is 24.1 Å². The van der Waals surface area contributed by atoms with Gasteiger partial charge in [0.2, 0.25) is 0 Å². The van der Waals surface area contributed by atoms with Crippen LogP contribution in [0.2, 0.25) is 0 Å². The van der Waals surface area contributed by atoms with E-state index in [0.717, 1.165) is 12.3 Å². The predicted molar refractivity (Wildman–Crippen MR) is 32.2 cm³/mol. The summed E-state index contributed by atoms with van der Waals surface area (Å²) in [5.41, 5.74) is 0. The number of rotatable bonds is 1. The second-order valence-corrected chi connectivity index (χ2v) is 1.56. The molecule has 0 aromatic rings. The largest absolute Gasteiger partial charge is 0.495 e. The average Bonchev–Trinajstić information content (AvgIpc) is 1.90. The maximum atomic E-state index is 4.90. The minimum atomic E-state index is 0.885. The fourth-order valence-corrected chi connectivity index (χ4v) is 0.578. The van der Waals surface area contributed by atoms with Crippen LogP contribution in [0.25, 0.3) is 0 Å². The molecule has 0 radical (unpaired) electrons. The van der Waals surface area contributed by atoms with Crippen molar-refractivity contribution in [2.24, 2.45) is 0 Å². The summed E-state index contributed by atoms with van der Waals surface area (Å²) in [4.78, 5) is 0. The smallest absolute Gasteiger partial charge is 0.134 e. The zero-order valence-electron chi connectivity index (χ0n) is 4.85. The standard InChI is InChI=1S/C6H9NO/c1-8-6-3-2-4-7-5-6/h2-3,5,7H,4H2,1H3. The molecule has 0 saturated heterocycles. The van der Waals surface area contributed by atoms with Crippen molar-refractivity contribution in [3.63, 3.8) is 0 Å². The summed E-state index contributed by atoms with van der Waals surface area (Å²) in [5, 5.41) is 3.01. The fraction of sp³-hybridized carbons (Fsp3) is 0.333. The molecule has 1 heterocycles. The van der Waals surface area contributed by atoms with Crippen LogP contribution in [-0.2, 0) is 4.74 Å². The third-order valence-corrected chi connectivity index (χ3v) is 0.998. The molecule has 0 spiro atoms. The van der Waals surface area contributed by atoms with Crippen LogP contribution in [0, 0.1) is 0 Å². The number of methoxy groups -OCH3 is 1. The van der Waals surface area contributed by atoms with Gasteiger partial charge in [0.15, 0.2) is 0 Å². The highest BCUT2D eigenvalue weighted by Gasteiger charge is 1.90. The number of nitrogens with one attached hydrogen (secondary N) is 1. The number of hydrogen-bond acceptors (Lipinski definition) is 2. The molecule has 1 aliphatic heterocycles. The summed E-state index contributed by atoms with van der Waals surface area (Å²) in [6.45, 7) is 0.910. The Bertz CT molecular complexity index is 126. The summed E-state index contributed by atoms with van der Waals surface area (Å²) in [6.07, 6.45) is 5.80. The van der Waals surface area contributed by atoms with E-state index in [2.05, 4.69) is 5.32 Å². The highest BCUT2D eigenvalue weighted by Crippen LogP contribution is 1.97. The summed E-state index contributed by atoms with van der Waals surface area (Å²) >= 11 is 0. The van der Waals surface area contributed by atoms with E-state index in [4.69, 9.17) is 4.74 Å². The first-order valence-electron chi connectivity index (χ1n) is 2.57. The van der Waals surface area contributed by atoms with Crippen LogP contribution in [-0.4, -0.2) is 13.7 Å². The van der Waals surface area contributed by atoms with Gasteiger partial charge in [0.25, 0.3) is 0 Å². The van der Waals surface area contributed by atoms with Crippen LogP contribution >= 0.6 is 0 Å². The van der Waals surface area contributed by atoms with E-state index in [9.17, 15) is 0 Å². The lowest BCUT2D eigenvalue weighted by Gasteiger charge is -2.05. The molecule has 2 heteroatoms. The summed E-state index contributed by atoms with van der Waals surface area (Å²) in [7, 11) is 1.66. The average molecular weight is 111 g/mol. The minimum absolute atomic E-state index is 0.885. The molecule has 44 valence electrons. The van der Waals surface area contributed by atoms with Crippen LogP contribution in [0.1, 0.15) is 0 Å². The number of allylic oxidation sites excluding steroid dienone is 1. The van der Waals surface area contributed by atoms with Crippen molar-refractivity contribution in [1.82, 2.24) is 5.32 Å². The number of dihydropyridines is 1. The molecule has 8 heavy (non-hydrogen) atoms.